The Morgan fingerprint density at radius 1 is 1.05 bits per heavy atom. The van der Waals surface area contributed by atoms with E-state index in [1.54, 1.807) is 27.7 Å². The van der Waals surface area contributed by atoms with Crippen LogP contribution in [-0.2, 0) is 16.6 Å². The molecule has 4 fully saturated rings. The molecule has 2 spiro atoms. The number of aromatic nitrogens is 5. The summed E-state index contributed by atoms with van der Waals surface area (Å²) in [6, 6.07) is 6.61. The number of hydrogen-bond acceptors (Lipinski definition) is 8. The molecule has 2 unspecified atom stereocenters. The number of nitrogens with zero attached hydrogens (tertiary/aromatic N) is 6. The van der Waals surface area contributed by atoms with Crippen LogP contribution in [0.4, 0.5) is 5.82 Å². The highest BCUT2D eigenvalue weighted by Gasteiger charge is 2.82. The molecule has 2 aliphatic heterocycles. The highest BCUT2D eigenvalue weighted by atomic mass is 32.2. The molecule has 11 nitrogen and oxygen atoms in total. The number of fused-ring (bicyclic) bond motifs is 7. The summed E-state index contributed by atoms with van der Waals surface area (Å²) in [6.07, 6.45) is 14.3. The van der Waals surface area contributed by atoms with Crippen molar-refractivity contribution < 1.29 is 19.4 Å². The molecular formula is C31H41N7O4S. The van der Waals surface area contributed by atoms with Crippen molar-refractivity contribution in [3.8, 4) is 11.7 Å². The number of anilines is 1. The molecule has 1 saturated heterocycles. The number of sulfonamides is 1. The van der Waals surface area contributed by atoms with E-state index in [0.717, 1.165) is 38.1 Å². The van der Waals surface area contributed by atoms with Gasteiger partial charge in [-0.2, -0.15) is 13.5 Å². The van der Waals surface area contributed by atoms with Gasteiger partial charge >= 0.3 is 0 Å². The standard InChI is InChI=1S/C31H39N7O4S.H2/c1-29(2)19-21-5-3-15-36-16-9-26(34-36)43(40,41)35-28(39)22-6-7-24(32-27(22)37(29)20-21)38-17-8-25(33-38)42-18-10-23-30(11-4-12-30)31(23)13-14-31;/h6-9,16-17,21,23H,3-5,10-15,18-20H2,1-2H3,(H,35,39);1H. The third kappa shape index (κ3) is 4.30. The summed E-state index contributed by atoms with van der Waals surface area (Å²) in [7, 11) is -4.15. The van der Waals surface area contributed by atoms with Gasteiger partial charge in [-0.05, 0) is 106 Å². The van der Waals surface area contributed by atoms with Crippen LogP contribution in [0, 0.1) is 22.7 Å². The first-order valence-electron chi connectivity index (χ1n) is 15.7. The van der Waals surface area contributed by atoms with Crippen molar-refractivity contribution in [1.82, 2.24) is 29.3 Å². The third-order valence-corrected chi connectivity index (χ3v) is 12.4. The zero-order chi connectivity index (χ0) is 29.6. The fourth-order valence-electron chi connectivity index (χ4n) is 8.86. The van der Waals surface area contributed by atoms with E-state index < -0.39 is 15.9 Å². The Kier molecular flexibility index (Phi) is 5.87. The highest BCUT2D eigenvalue weighted by molar-refractivity contribution is 7.90. The van der Waals surface area contributed by atoms with Crippen LogP contribution in [0.5, 0.6) is 5.88 Å². The van der Waals surface area contributed by atoms with Crippen LogP contribution in [0.25, 0.3) is 5.82 Å². The number of rotatable bonds is 5. The third-order valence-electron chi connectivity index (χ3n) is 11.2. The van der Waals surface area contributed by atoms with Gasteiger partial charge in [0.25, 0.3) is 15.9 Å². The molecular weight excluding hydrogens is 566 g/mol. The second-order valence-electron chi connectivity index (χ2n) is 14.0. The molecule has 0 aromatic carbocycles. The molecule has 3 aliphatic carbocycles. The van der Waals surface area contributed by atoms with Gasteiger partial charge in [-0.15, -0.1) is 5.10 Å². The van der Waals surface area contributed by atoms with E-state index in [2.05, 4.69) is 33.7 Å². The van der Waals surface area contributed by atoms with Crippen molar-refractivity contribution in [2.45, 2.75) is 88.7 Å². The summed E-state index contributed by atoms with van der Waals surface area (Å²) in [4.78, 5) is 20.6. The summed E-state index contributed by atoms with van der Waals surface area (Å²) < 4.78 is 37.7. The Labute approximate surface area is 253 Å². The lowest BCUT2D eigenvalue weighted by atomic mass is 9.77. The molecule has 5 heterocycles. The number of carbonyl (C=O) groups is 1. The number of amides is 1. The largest absolute Gasteiger partial charge is 0.477 e. The Morgan fingerprint density at radius 2 is 1.86 bits per heavy atom. The van der Waals surface area contributed by atoms with Gasteiger partial charge in [0.1, 0.15) is 5.82 Å². The molecule has 2 atom stereocenters. The average molecular weight is 608 g/mol. The predicted molar refractivity (Wildman–Crippen MR) is 161 cm³/mol. The minimum Gasteiger partial charge on any atom is -0.477 e. The first-order valence-corrected chi connectivity index (χ1v) is 17.2. The van der Waals surface area contributed by atoms with Gasteiger partial charge in [-0.25, -0.2) is 14.4 Å². The number of nitrogens with one attached hydrogen (secondary N) is 1. The van der Waals surface area contributed by atoms with Crippen molar-refractivity contribution in [2.24, 2.45) is 22.7 Å². The van der Waals surface area contributed by atoms with Gasteiger partial charge in [0.05, 0.1) is 12.2 Å². The summed E-state index contributed by atoms with van der Waals surface area (Å²) in [5.41, 5.74) is 1.22. The lowest BCUT2D eigenvalue weighted by molar-refractivity contribution is 0.0981. The monoisotopic (exact) mass is 607 g/mol. The zero-order valence-electron chi connectivity index (χ0n) is 24.8. The average Bonchev–Trinajstić information content (AvgIpc) is 3.54. The van der Waals surface area contributed by atoms with Crippen molar-refractivity contribution in [3.05, 3.63) is 42.2 Å². The molecule has 1 amide bonds. The van der Waals surface area contributed by atoms with E-state index in [1.165, 1.54) is 38.2 Å². The first-order chi connectivity index (χ1) is 20.6. The second-order valence-corrected chi connectivity index (χ2v) is 15.6. The van der Waals surface area contributed by atoms with Crippen LogP contribution in [0.3, 0.4) is 0 Å². The Balaban J connectivity index is 0.00000312. The molecule has 4 bridgehead atoms. The molecule has 230 valence electrons. The lowest BCUT2D eigenvalue weighted by Crippen LogP contribution is -2.41. The maximum atomic E-state index is 13.5. The molecule has 8 rings (SSSR count). The number of ether oxygens (including phenoxy) is 1. The smallest absolute Gasteiger partial charge is 0.283 e. The van der Waals surface area contributed by atoms with E-state index in [0.29, 0.717) is 47.4 Å². The molecule has 0 radical (unpaired) electrons. The van der Waals surface area contributed by atoms with Gasteiger partial charge in [-0.3, -0.25) is 9.48 Å². The van der Waals surface area contributed by atoms with Crippen molar-refractivity contribution in [2.75, 3.05) is 18.1 Å². The number of aryl methyl sites for hydroxylation is 1. The van der Waals surface area contributed by atoms with Gasteiger partial charge < -0.3 is 9.64 Å². The van der Waals surface area contributed by atoms with E-state index in [1.807, 2.05) is 12.3 Å². The van der Waals surface area contributed by atoms with E-state index in [-0.39, 0.29) is 17.6 Å². The van der Waals surface area contributed by atoms with E-state index >= 15 is 0 Å². The molecule has 3 aromatic rings. The van der Waals surface area contributed by atoms with Crippen molar-refractivity contribution in [1.29, 1.82) is 0 Å². The number of hydrogen-bond donors (Lipinski definition) is 1. The van der Waals surface area contributed by atoms with Crippen LogP contribution < -0.4 is 14.4 Å². The molecule has 12 heteroatoms. The van der Waals surface area contributed by atoms with Crippen LogP contribution >= 0.6 is 0 Å². The van der Waals surface area contributed by atoms with Crippen LogP contribution in [0.1, 0.15) is 83.4 Å². The van der Waals surface area contributed by atoms with E-state index in [9.17, 15) is 13.2 Å². The van der Waals surface area contributed by atoms with Gasteiger partial charge in [0, 0.05) is 38.5 Å². The lowest BCUT2D eigenvalue weighted by Gasteiger charge is -2.34. The van der Waals surface area contributed by atoms with Gasteiger partial charge in [0.15, 0.2) is 10.8 Å². The highest BCUT2D eigenvalue weighted by Crippen LogP contribution is 2.89. The Bertz CT molecular complexity index is 1710. The van der Waals surface area contributed by atoms with Crippen LogP contribution in [0.2, 0.25) is 0 Å². The Morgan fingerprint density at radius 3 is 2.60 bits per heavy atom. The molecule has 5 aliphatic rings. The fourth-order valence-corrected chi connectivity index (χ4v) is 9.77. The van der Waals surface area contributed by atoms with Crippen molar-refractivity contribution >= 4 is 21.7 Å². The second kappa shape index (κ2) is 9.30. The van der Waals surface area contributed by atoms with Crippen LogP contribution in [0.15, 0.2) is 41.7 Å². The number of pyridine rings is 1. The first kappa shape index (κ1) is 27.2. The Hall–Kier alpha value is -3.41. The van der Waals surface area contributed by atoms with Crippen LogP contribution in [-0.4, -0.2) is 57.6 Å². The summed E-state index contributed by atoms with van der Waals surface area (Å²) >= 11 is 0. The van der Waals surface area contributed by atoms with Crippen molar-refractivity contribution in [3.63, 3.8) is 0 Å². The SMILES string of the molecule is CC1(C)CC2CCCn3ccc(n3)S(=O)(=O)NC(=O)c3ccc(-n4ccc(OCCC5C6(CCC6)C56CC6)n4)nc3N1C2.[HH]. The minimum absolute atomic E-state index is 0. The summed E-state index contributed by atoms with van der Waals surface area (Å²) in [5, 5.41) is 8.69. The maximum Gasteiger partial charge on any atom is 0.283 e. The number of carbonyl (C=O) groups excluding carboxylic acids is 1. The topological polar surface area (TPSA) is 124 Å². The normalized spacial score (nSPS) is 27.2. The fraction of sp³-hybridized carbons (Fsp3) is 0.613. The van der Waals surface area contributed by atoms with Gasteiger partial charge in [0.2, 0.25) is 5.88 Å². The van der Waals surface area contributed by atoms with E-state index in [4.69, 9.17) is 9.72 Å². The quantitative estimate of drug-likeness (QED) is 0.447. The molecule has 1 N–H and O–H groups in total. The molecule has 3 aromatic heterocycles. The molecule has 43 heavy (non-hydrogen) atoms. The minimum atomic E-state index is -4.15. The predicted octanol–water partition coefficient (Wildman–Crippen LogP) is 4.58. The van der Waals surface area contributed by atoms with Gasteiger partial charge in [-0.1, -0.05) is 6.42 Å². The maximum absolute atomic E-state index is 13.5. The summed E-state index contributed by atoms with van der Waals surface area (Å²) in [5.74, 6) is 2.04. The molecule has 3 saturated carbocycles. The summed E-state index contributed by atoms with van der Waals surface area (Å²) in [6.45, 7) is 6.30. The zero-order valence-corrected chi connectivity index (χ0v) is 25.6.